The molecular weight excluding hydrogens is 410 g/mol. The first-order chi connectivity index (χ1) is 14.3. The molecule has 4 heterocycles. The van der Waals surface area contributed by atoms with E-state index >= 15 is 0 Å². The minimum atomic E-state index is -0.765. The normalized spacial score (nSPS) is 19.2. The number of nitrogens with one attached hydrogen (secondary N) is 1. The van der Waals surface area contributed by atoms with Crippen LogP contribution in [0, 0.1) is 13.8 Å². The molecule has 158 valence electrons. The number of thiazole rings is 1. The highest BCUT2D eigenvalue weighted by Crippen LogP contribution is 2.18. The third-order valence-electron chi connectivity index (χ3n) is 5.17. The molecule has 0 spiro atoms. The Labute approximate surface area is 175 Å². The molecule has 1 saturated heterocycles. The van der Waals surface area contributed by atoms with Crippen LogP contribution < -0.4 is 10.9 Å². The van der Waals surface area contributed by atoms with E-state index in [1.807, 2.05) is 0 Å². The SMILES string of the molecule is Cc1noc(C)c1CC(=O)N1C[C@H](O)C[C@H](NC(=O)c2cc(=O)nc3sccn23)C1. The first-order valence-electron chi connectivity index (χ1n) is 9.47. The highest BCUT2D eigenvalue weighted by Gasteiger charge is 2.31. The van der Waals surface area contributed by atoms with Gasteiger partial charge in [0.1, 0.15) is 11.5 Å². The number of piperidine rings is 1. The van der Waals surface area contributed by atoms with Crippen molar-refractivity contribution in [3.63, 3.8) is 0 Å². The standard InChI is InChI=1S/C19H21N5O5S/c1-10-14(11(2)29-22-10)6-17(27)23-8-12(5-13(25)9-23)20-18(28)15-7-16(26)21-19-24(15)3-4-30-19/h3-4,7,12-13,25H,5-6,8-9H2,1-2H3,(H,20,28)/t12-,13+/m0/s1. The summed E-state index contributed by atoms with van der Waals surface area (Å²) in [7, 11) is 0. The molecule has 11 heteroatoms. The van der Waals surface area contributed by atoms with Crippen LogP contribution >= 0.6 is 11.3 Å². The smallest absolute Gasteiger partial charge is 0.274 e. The second-order valence-corrected chi connectivity index (χ2v) is 8.25. The number of likely N-dealkylation sites (tertiary alicyclic amines) is 1. The van der Waals surface area contributed by atoms with Gasteiger partial charge in [-0.3, -0.25) is 18.8 Å². The summed E-state index contributed by atoms with van der Waals surface area (Å²) in [5, 5.41) is 18.7. The molecule has 0 saturated carbocycles. The minimum Gasteiger partial charge on any atom is -0.391 e. The molecular formula is C19H21N5O5S. The van der Waals surface area contributed by atoms with Gasteiger partial charge in [-0.1, -0.05) is 5.16 Å². The van der Waals surface area contributed by atoms with E-state index in [4.69, 9.17) is 4.52 Å². The van der Waals surface area contributed by atoms with Gasteiger partial charge in [0.2, 0.25) is 5.91 Å². The number of aryl methyl sites for hydroxylation is 2. The van der Waals surface area contributed by atoms with E-state index in [-0.39, 0.29) is 31.1 Å². The molecule has 1 aliphatic heterocycles. The number of aromatic nitrogens is 3. The molecule has 0 aromatic carbocycles. The number of aliphatic hydroxyl groups is 1. The zero-order chi connectivity index (χ0) is 21.4. The first-order valence-corrected chi connectivity index (χ1v) is 10.3. The van der Waals surface area contributed by atoms with Crippen LogP contribution in [0.1, 0.15) is 33.9 Å². The first kappa shape index (κ1) is 20.2. The van der Waals surface area contributed by atoms with Crippen molar-refractivity contribution >= 4 is 28.1 Å². The van der Waals surface area contributed by atoms with E-state index in [1.165, 1.54) is 22.3 Å². The summed E-state index contributed by atoms with van der Waals surface area (Å²) in [6, 6.07) is 0.724. The summed E-state index contributed by atoms with van der Waals surface area (Å²) in [6.45, 7) is 3.98. The molecule has 2 N–H and O–H groups in total. The van der Waals surface area contributed by atoms with Crippen LogP contribution in [-0.2, 0) is 11.2 Å². The summed E-state index contributed by atoms with van der Waals surface area (Å²) >= 11 is 1.25. The van der Waals surface area contributed by atoms with Crippen LogP contribution in [0.2, 0.25) is 0 Å². The number of hydrogen-bond acceptors (Lipinski definition) is 8. The molecule has 3 aromatic rings. The van der Waals surface area contributed by atoms with Gasteiger partial charge in [-0.2, -0.15) is 4.98 Å². The van der Waals surface area contributed by atoms with Crippen molar-refractivity contribution in [3.05, 3.63) is 50.7 Å². The minimum absolute atomic E-state index is 0.115. The zero-order valence-electron chi connectivity index (χ0n) is 16.5. The Balaban J connectivity index is 1.48. The fourth-order valence-corrected chi connectivity index (χ4v) is 4.40. The fourth-order valence-electron chi connectivity index (χ4n) is 3.68. The van der Waals surface area contributed by atoms with Crippen LogP contribution in [0.4, 0.5) is 0 Å². The monoisotopic (exact) mass is 431 g/mol. The van der Waals surface area contributed by atoms with Gasteiger partial charge in [0, 0.05) is 42.3 Å². The topological polar surface area (TPSA) is 130 Å². The lowest BCUT2D eigenvalue weighted by Gasteiger charge is -2.36. The van der Waals surface area contributed by atoms with Gasteiger partial charge >= 0.3 is 0 Å². The second-order valence-electron chi connectivity index (χ2n) is 7.37. The van der Waals surface area contributed by atoms with Gasteiger partial charge in [0.05, 0.1) is 18.2 Å². The van der Waals surface area contributed by atoms with Crippen molar-refractivity contribution in [1.29, 1.82) is 0 Å². The lowest BCUT2D eigenvalue weighted by molar-refractivity contribution is -0.134. The highest BCUT2D eigenvalue weighted by molar-refractivity contribution is 7.15. The maximum absolute atomic E-state index is 12.8. The van der Waals surface area contributed by atoms with E-state index < -0.39 is 23.6 Å². The van der Waals surface area contributed by atoms with Crippen LogP contribution in [-0.4, -0.2) is 61.6 Å². The predicted octanol–water partition coefficient (Wildman–Crippen LogP) is 0.295. The molecule has 0 radical (unpaired) electrons. The van der Waals surface area contributed by atoms with Crippen LogP contribution in [0.3, 0.4) is 0 Å². The van der Waals surface area contributed by atoms with E-state index in [9.17, 15) is 19.5 Å². The summed E-state index contributed by atoms with van der Waals surface area (Å²) in [5.74, 6) is -0.0472. The fraction of sp³-hybridized carbons (Fsp3) is 0.421. The molecule has 10 nitrogen and oxygen atoms in total. The number of carbonyl (C=O) groups is 2. The van der Waals surface area contributed by atoms with Gasteiger partial charge < -0.3 is 19.8 Å². The Morgan fingerprint density at radius 2 is 2.17 bits per heavy atom. The lowest BCUT2D eigenvalue weighted by Crippen LogP contribution is -2.54. The number of β-amino-alcohol motifs (C(OH)–C–C–N with tert-alkyl or cyclic N) is 1. The van der Waals surface area contributed by atoms with E-state index in [0.717, 1.165) is 5.56 Å². The van der Waals surface area contributed by atoms with Crippen LogP contribution in [0.5, 0.6) is 0 Å². The molecule has 2 amide bonds. The molecule has 0 unspecified atom stereocenters. The number of carbonyl (C=O) groups excluding carboxylic acids is 2. The molecule has 3 aromatic heterocycles. The number of amides is 2. The van der Waals surface area contributed by atoms with Crippen molar-refractivity contribution in [3.8, 4) is 0 Å². The Bertz CT molecular complexity index is 1150. The predicted molar refractivity (Wildman–Crippen MR) is 107 cm³/mol. The number of rotatable bonds is 4. The van der Waals surface area contributed by atoms with Crippen molar-refractivity contribution in [1.82, 2.24) is 24.8 Å². The van der Waals surface area contributed by atoms with E-state index in [0.29, 0.717) is 22.8 Å². The number of nitrogens with zero attached hydrogens (tertiary/aromatic N) is 4. The number of hydrogen-bond donors (Lipinski definition) is 2. The average molecular weight is 431 g/mol. The van der Waals surface area contributed by atoms with Crippen LogP contribution in [0.15, 0.2) is 27.0 Å². The maximum atomic E-state index is 12.8. The van der Waals surface area contributed by atoms with Gasteiger partial charge in [0.15, 0.2) is 4.96 Å². The summed E-state index contributed by atoms with van der Waals surface area (Å²) < 4.78 is 6.65. The number of fused-ring (bicyclic) bond motifs is 1. The maximum Gasteiger partial charge on any atom is 0.274 e. The van der Waals surface area contributed by atoms with Crippen molar-refractivity contribution in [2.75, 3.05) is 13.1 Å². The molecule has 1 aliphatic rings. The summed E-state index contributed by atoms with van der Waals surface area (Å²) in [4.78, 5) is 43.2. The molecule has 1 fully saturated rings. The summed E-state index contributed by atoms with van der Waals surface area (Å²) in [5.41, 5.74) is 1.06. The van der Waals surface area contributed by atoms with Gasteiger partial charge in [0.25, 0.3) is 11.5 Å². The average Bonchev–Trinajstić information content (AvgIpc) is 3.28. The second kappa shape index (κ2) is 8.00. The van der Waals surface area contributed by atoms with Crippen LogP contribution in [0.25, 0.3) is 4.96 Å². The van der Waals surface area contributed by atoms with Crippen molar-refractivity contribution in [2.45, 2.75) is 38.8 Å². The van der Waals surface area contributed by atoms with E-state index in [1.54, 1.807) is 29.8 Å². The molecule has 2 atom stereocenters. The van der Waals surface area contributed by atoms with E-state index in [2.05, 4.69) is 15.5 Å². The molecule has 30 heavy (non-hydrogen) atoms. The molecule has 0 aliphatic carbocycles. The largest absolute Gasteiger partial charge is 0.391 e. The van der Waals surface area contributed by atoms with Gasteiger partial charge in [-0.05, 0) is 20.3 Å². The Kier molecular flexibility index (Phi) is 5.39. The molecule has 0 bridgehead atoms. The Morgan fingerprint density at radius 3 is 2.90 bits per heavy atom. The third kappa shape index (κ3) is 3.98. The quantitative estimate of drug-likeness (QED) is 0.607. The Morgan fingerprint density at radius 1 is 1.37 bits per heavy atom. The summed E-state index contributed by atoms with van der Waals surface area (Å²) in [6.07, 6.45) is 1.33. The Hall–Kier alpha value is -3.05. The number of aliphatic hydroxyl groups excluding tert-OH is 1. The molecule has 4 rings (SSSR count). The van der Waals surface area contributed by atoms with Crippen molar-refractivity contribution in [2.24, 2.45) is 0 Å². The lowest BCUT2D eigenvalue weighted by atomic mass is 10.0. The third-order valence-corrected chi connectivity index (χ3v) is 5.93. The zero-order valence-corrected chi connectivity index (χ0v) is 17.3. The highest BCUT2D eigenvalue weighted by atomic mass is 32.1. The van der Waals surface area contributed by atoms with Crippen molar-refractivity contribution < 1.29 is 19.2 Å². The van der Waals surface area contributed by atoms with Gasteiger partial charge in [-0.15, -0.1) is 11.3 Å². The van der Waals surface area contributed by atoms with Gasteiger partial charge in [-0.25, -0.2) is 0 Å².